The molecule has 0 atom stereocenters. The highest BCUT2D eigenvalue weighted by Gasteiger charge is 2.23. The van der Waals surface area contributed by atoms with E-state index in [2.05, 4.69) is 58.9 Å². The summed E-state index contributed by atoms with van der Waals surface area (Å²) in [7, 11) is 0. The van der Waals surface area contributed by atoms with E-state index in [0.29, 0.717) is 6.54 Å². The molecule has 1 aromatic heterocycles. The van der Waals surface area contributed by atoms with Crippen molar-refractivity contribution in [3.8, 4) is 0 Å². The van der Waals surface area contributed by atoms with E-state index in [1.807, 2.05) is 30.5 Å². The van der Waals surface area contributed by atoms with Gasteiger partial charge in [0.2, 0.25) is 5.52 Å². The molecule has 0 unspecified atom stereocenters. The lowest BCUT2D eigenvalue weighted by Gasteiger charge is -2.17. The number of thioether (sulfide) groups is 1. The van der Waals surface area contributed by atoms with Crippen LogP contribution in [-0.4, -0.2) is 18.3 Å². The molecule has 1 aliphatic rings. The molecule has 3 nitrogen and oxygen atoms in total. The summed E-state index contributed by atoms with van der Waals surface area (Å²) in [5.41, 5.74) is 3.46. The second-order valence-electron chi connectivity index (χ2n) is 6.53. The molecule has 0 amide bonds. The molecule has 29 heavy (non-hydrogen) atoms. The number of aliphatic hydroxyl groups excluding tert-OH is 1. The number of hydrogen-bond donors (Lipinski definition) is 1. The summed E-state index contributed by atoms with van der Waals surface area (Å²) >= 11 is 7.95. The van der Waals surface area contributed by atoms with Gasteiger partial charge in [0.1, 0.15) is 6.61 Å². The molecule has 0 aliphatic carbocycles. The van der Waals surface area contributed by atoms with Crippen LogP contribution in [0.25, 0.3) is 17.0 Å². The van der Waals surface area contributed by atoms with Crippen molar-refractivity contribution in [2.75, 3.05) is 18.1 Å². The summed E-state index contributed by atoms with van der Waals surface area (Å²) in [6, 6.07) is 16.4. The van der Waals surface area contributed by atoms with Crippen molar-refractivity contribution in [3.63, 3.8) is 0 Å². The van der Waals surface area contributed by atoms with Crippen LogP contribution >= 0.6 is 23.4 Å². The van der Waals surface area contributed by atoms with E-state index in [1.165, 1.54) is 21.0 Å². The van der Waals surface area contributed by atoms with Crippen molar-refractivity contribution in [2.45, 2.75) is 18.4 Å². The van der Waals surface area contributed by atoms with E-state index < -0.39 is 0 Å². The molecule has 0 saturated heterocycles. The highest BCUT2D eigenvalue weighted by Crippen LogP contribution is 2.46. The van der Waals surface area contributed by atoms with Gasteiger partial charge < -0.3 is 27.0 Å². The fraction of sp³-hybridized carbons (Fsp3) is 0.174. The van der Waals surface area contributed by atoms with Gasteiger partial charge in [0.05, 0.1) is 16.1 Å². The first kappa shape index (κ1) is 21.9. The number of aliphatic hydroxyl groups is 1. The van der Waals surface area contributed by atoms with Crippen molar-refractivity contribution >= 4 is 46.0 Å². The molecule has 0 saturated carbocycles. The Morgan fingerprint density at radius 3 is 2.79 bits per heavy atom. The summed E-state index contributed by atoms with van der Waals surface area (Å²) in [5, 5.41) is 12.4. The van der Waals surface area contributed by atoms with Crippen molar-refractivity contribution in [1.29, 1.82) is 0 Å². The van der Waals surface area contributed by atoms with Gasteiger partial charge in [-0.3, -0.25) is 0 Å². The number of pyridine rings is 1. The van der Waals surface area contributed by atoms with Gasteiger partial charge in [0.15, 0.2) is 12.7 Å². The molecular formula is C23H22BrClN2OS. The van der Waals surface area contributed by atoms with Crippen LogP contribution in [0.4, 0.5) is 5.69 Å². The number of rotatable bonds is 5. The molecule has 3 aromatic rings. The van der Waals surface area contributed by atoms with Crippen molar-refractivity contribution in [3.05, 3.63) is 82.5 Å². The first-order chi connectivity index (χ1) is 13.7. The van der Waals surface area contributed by atoms with Gasteiger partial charge in [-0.1, -0.05) is 47.6 Å². The van der Waals surface area contributed by atoms with Crippen molar-refractivity contribution in [2.24, 2.45) is 0 Å². The zero-order valence-corrected chi connectivity index (χ0v) is 19.2. The Balaban J connectivity index is 0.00000240. The van der Waals surface area contributed by atoms with Gasteiger partial charge in [-0.2, -0.15) is 4.57 Å². The van der Waals surface area contributed by atoms with Gasteiger partial charge >= 0.3 is 0 Å². The van der Waals surface area contributed by atoms with E-state index in [9.17, 15) is 5.11 Å². The minimum absolute atomic E-state index is 0. The van der Waals surface area contributed by atoms with Crippen LogP contribution in [0.1, 0.15) is 12.5 Å². The molecule has 1 N–H and O–H groups in total. The Bertz CT molecular complexity index is 1080. The zero-order chi connectivity index (χ0) is 19.5. The average Bonchev–Trinajstić information content (AvgIpc) is 3.06. The Hall–Kier alpha value is -1.79. The van der Waals surface area contributed by atoms with Crippen molar-refractivity contribution in [1.82, 2.24) is 0 Å². The van der Waals surface area contributed by atoms with Crippen LogP contribution in [0.15, 0.2) is 76.8 Å². The Kier molecular flexibility index (Phi) is 7.41. The fourth-order valence-corrected chi connectivity index (χ4v) is 4.80. The lowest BCUT2D eigenvalue weighted by Crippen LogP contribution is -3.00. The van der Waals surface area contributed by atoms with Crippen LogP contribution in [0.3, 0.4) is 0 Å². The lowest BCUT2D eigenvalue weighted by molar-refractivity contribution is -0.672. The van der Waals surface area contributed by atoms with Gasteiger partial charge in [0.25, 0.3) is 0 Å². The summed E-state index contributed by atoms with van der Waals surface area (Å²) < 4.78 is 2.08. The molecule has 0 spiro atoms. The predicted octanol–water partition coefficient (Wildman–Crippen LogP) is 2.26. The molecule has 4 rings (SSSR count). The number of anilines is 1. The van der Waals surface area contributed by atoms with Crippen LogP contribution < -0.4 is 26.4 Å². The molecule has 150 valence electrons. The second-order valence-corrected chi connectivity index (χ2v) is 8.03. The zero-order valence-electron chi connectivity index (χ0n) is 16.1. The Labute approximate surface area is 191 Å². The monoisotopic (exact) mass is 488 g/mol. The number of nitrogens with zero attached hydrogens (tertiary/aromatic N) is 2. The lowest BCUT2D eigenvalue weighted by atomic mass is 10.1. The Morgan fingerprint density at radius 1 is 1.17 bits per heavy atom. The summed E-state index contributed by atoms with van der Waals surface area (Å²) in [5.74, 6) is 0. The first-order valence-electron chi connectivity index (χ1n) is 9.36. The normalized spacial score (nSPS) is 14.6. The number of aromatic nitrogens is 1. The van der Waals surface area contributed by atoms with E-state index in [4.69, 9.17) is 11.6 Å². The third kappa shape index (κ3) is 4.53. The van der Waals surface area contributed by atoms with Crippen LogP contribution in [0.2, 0.25) is 5.02 Å². The van der Waals surface area contributed by atoms with E-state index in [0.717, 1.165) is 22.6 Å². The Morgan fingerprint density at radius 2 is 2.00 bits per heavy atom. The molecule has 0 bridgehead atoms. The van der Waals surface area contributed by atoms with Gasteiger partial charge in [-0.15, -0.1) is 0 Å². The quantitative estimate of drug-likeness (QED) is 0.557. The third-order valence-electron chi connectivity index (χ3n) is 4.82. The maximum atomic E-state index is 9.29. The molecule has 0 radical (unpaired) electrons. The number of para-hydroxylation sites is 1. The van der Waals surface area contributed by atoms with Crippen LogP contribution in [0, 0.1) is 0 Å². The standard InChI is InChI=1S/C23H22ClN2OS.BrH/c1-2-26-21-16-18(24)10-11-22(21)28-23(26)9-5-6-17-12-13-25(14-15-27)20-8-4-3-7-19(17)20;/h3-13,16,27H,2,14-15H2,1H3;1H/q+1;/p-1. The SMILES string of the molecule is CCN1/C(=C/C=C/c2cc[n+](CCO)c3ccccc23)Sc2ccc(Cl)cc21.[Br-]. The topological polar surface area (TPSA) is 27.4 Å². The number of hydrogen-bond acceptors (Lipinski definition) is 3. The number of allylic oxidation sites excluding steroid dienone is 2. The third-order valence-corrected chi connectivity index (χ3v) is 6.19. The number of benzene rings is 2. The van der Waals surface area contributed by atoms with E-state index >= 15 is 0 Å². The smallest absolute Gasteiger partial charge is 0.213 e. The largest absolute Gasteiger partial charge is 1.00 e. The van der Waals surface area contributed by atoms with Gasteiger partial charge in [-0.05, 0) is 42.8 Å². The number of halogens is 2. The van der Waals surface area contributed by atoms with Crippen LogP contribution in [0.5, 0.6) is 0 Å². The average molecular weight is 490 g/mol. The highest BCUT2D eigenvalue weighted by molar-refractivity contribution is 8.03. The fourth-order valence-electron chi connectivity index (χ4n) is 3.52. The highest BCUT2D eigenvalue weighted by atomic mass is 79.9. The minimum Gasteiger partial charge on any atom is -1.00 e. The maximum Gasteiger partial charge on any atom is 0.213 e. The molecule has 2 aromatic carbocycles. The van der Waals surface area contributed by atoms with Gasteiger partial charge in [0, 0.05) is 28.6 Å². The first-order valence-corrected chi connectivity index (χ1v) is 10.6. The molecule has 0 fully saturated rings. The summed E-state index contributed by atoms with van der Waals surface area (Å²) in [6.07, 6.45) is 8.44. The maximum absolute atomic E-state index is 9.29. The molecule has 1 aliphatic heterocycles. The minimum atomic E-state index is 0. The van der Waals surface area contributed by atoms with E-state index in [1.54, 1.807) is 11.8 Å². The number of fused-ring (bicyclic) bond motifs is 2. The summed E-state index contributed by atoms with van der Waals surface area (Å²) in [6.45, 7) is 3.77. The predicted molar refractivity (Wildman–Crippen MR) is 119 cm³/mol. The molecular weight excluding hydrogens is 468 g/mol. The second kappa shape index (κ2) is 9.81. The van der Waals surface area contributed by atoms with Crippen LogP contribution in [-0.2, 0) is 6.54 Å². The molecule has 6 heteroatoms. The van der Waals surface area contributed by atoms with Crippen molar-refractivity contribution < 1.29 is 26.7 Å². The molecule has 2 heterocycles. The van der Waals surface area contributed by atoms with E-state index in [-0.39, 0.29) is 23.6 Å². The van der Waals surface area contributed by atoms with Gasteiger partial charge in [-0.25, -0.2) is 0 Å². The summed E-state index contributed by atoms with van der Waals surface area (Å²) in [4.78, 5) is 3.52.